The lowest BCUT2D eigenvalue weighted by molar-refractivity contribution is 0.750. The third-order valence-electron chi connectivity index (χ3n) is 1.97. The first-order valence-electron chi connectivity index (χ1n) is 4.50. The molecule has 0 aliphatic heterocycles. The quantitative estimate of drug-likeness (QED) is 0.781. The molecule has 0 radical (unpaired) electrons. The van der Waals surface area contributed by atoms with E-state index < -0.39 is 0 Å². The van der Waals surface area contributed by atoms with E-state index in [1.54, 1.807) is 17.2 Å². The van der Waals surface area contributed by atoms with Crippen LogP contribution in [0, 0.1) is 0 Å². The van der Waals surface area contributed by atoms with Crippen molar-refractivity contribution in [1.82, 2.24) is 20.3 Å². The molecule has 0 aliphatic rings. The first kappa shape index (κ1) is 8.90. The summed E-state index contributed by atoms with van der Waals surface area (Å²) in [5.41, 5.74) is 2.23. The maximum absolute atomic E-state index is 4.05. The second-order valence-electron chi connectivity index (χ2n) is 3.02. The van der Waals surface area contributed by atoms with Crippen molar-refractivity contribution in [3.63, 3.8) is 0 Å². The Bertz CT molecular complexity index is 377. The summed E-state index contributed by atoms with van der Waals surface area (Å²) in [6.45, 7) is 0.882. The summed E-state index contributed by atoms with van der Waals surface area (Å²) >= 11 is 0. The van der Waals surface area contributed by atoms with E-state index >= 15 is 0 Å². The van der Waals surface area contributed by atoms with Gasteiger partial charge in [0.15, 0.2) is 0 Å². The van der Waals surface area contributed by atoms with Gasteiger partial charge in [-0.1, -0.05) is 12.1 Å². The van der Waals surface area contributed by atoms with E-state index in [1.165, 1.54) is 5.56 Å². The average molecular weight is 188 g/mol. The number of hydrogen-bond acceptors (Lipinski definition) is 3. The van der Waals surface area contributed by atoms with E-state index in [4.69, 9.17) is 0 Å². The minimum absolute atomic E-state index is 0.882. The van der Waals surface area contributed by atoms with Crippen molar-refractivity contribution in [2.24, 2.45) is 0 Å². The van der Waals surface area contributed by atoms with E-state index in [9.17, 15) is 0 Å². The van der Waals surface area contributed by atoms with Crippen LogP contribution < -0.4 is 5.32 Å². The van der Waals surface area contributed by atoms with E-state index in [0.29, 0.717) is 0 Å². The lowest BCUT2D eigenvalue weighted by atomic mass is 10.2. The van der Waals surface area contributed by atoms with Gasteiger partial charge in [0.25, 0.3) is 0 Å². The summed E-state index contributed by atoms with van der Waals surface area (Å²) in [5.74, 6) is 0. The van der Waals surface area contributed by atoms with Crippen LogP contribution in [0.1, 0.15) is 5.56 Å². The van der Waals surface area contributed by atoms with Gasteiger partial charge >= 0.3 is 0 Å². The molecule has 14 heavy (non-hydrogen) atoms. The average Bonchev–Trinajstić information content (AvgIpc) is 2.72. The van der Waals surface area contributed by atoms with Gasteiger partial charge in [-0.15, -0.1) is 0 Å². The number of nitrogens with one attached hydrogen (secondary N) is 1. The summed E-state index contributed by atoms with van der Waals surface area (Å²) in [5, 5.41) is 11.2. The lowest BCUT2D eigenvalue weighted by Gasteiger charge is -2.02. The number of hydrogen-bond donors (Lipinski definition) is 1. The number of benzene rings is 1. The van der Waals surface area contributed by atoms with Gasteiger partial charge in [0.1, 0.15) is 0 Å². The van der Waals surface area contributed by atoms with Crippen molar-refractivity contribution in [3.05, 3.63) is 42.2 Å². The van der Waals surface area contributed by atoms with Gasteiger partial charge in [0.05, 0.1) is 18.1 Å². The molecule has 1 aromatic heterocycles. The van der Waals surface area contributed by atoms with Crippen molar-refractivity contribution in [1.29, 1.82) is 0 Å². The topological polar surface area (TPSA) is 42.7 Å². The molecule has 4 nitrogen and oxygen atoms in total. The van der Waals surface area contributed by atoms with E-state index in [2.05, 4.69) is 27.6 Å². The summed E-state index contributed by atoms with van der Waals surface area (Å²) in [6, 6.07) is 8.14. The van der Waals surface area contributed by atoms with Gasteiger partial charge < -0.3 is 5.32 Å². The van der Waals surface area contributed by atoms with Crippen LogP contribution in [0.25, 0.3) is 5.69 Å². The molecule has 0 spiro atoms. The van der Waals surface area contributed by atoms with Crippen LogP contribution in [0.3, 0.4) is 0 Å². The molecule has 0 fully saturated rings. The SMILES string of the molecule is CNCc1ccc(-n2nccn2)cc1. The Balaban J connectivity index is 2.22. The first-order chi connectivity index (χ1) is 6.90. The normalized spacial score (nSPS) is 10.4. The van der Waals surface area contributed by atoms with Crippen LogP contribution in [0.5, 0.6) is 0 Å². The first-order valence-corrected chi connectivity index (χ1v) is 4.50. The standard InChI is InChI=1S/C10H12N4/c1-11-8-9-2-4-10(5-3-9)14-12-6-7-13-14/h2-7,11H,8H2,1H3. The fraction of sp³-hybridized carbons (Fsp3) is 0.200. The highest BCUT2D eigenvalue weighted by molar-refractivity contribution is 5.32. The third kappa shape index (κ3) is 1.80. The lowest BCUT2D eigenvalue weighted by Crippen LogP contribution is -2.05. The molecule has 0 unspecified atom stereocenters. The van der Waals surface area contributed by atoms with Crippen LogP contribution in [0.2, 0.25) is 0 Å². The Morgan fingerprint density at radius 1 is 1.14 bits per heavy atom. The van der Waals surface area contributed by atoms with Crippen LogP contribution in [0.15, 0.2) is 36.7 Å². The van der Waals surface area contributed by atoms with Crippen molar-refractivity contribution < 1.29 is 0 Å². The Morgan fingerprint density at radius 2 is 1.79 bits per heavy atom. The summed E-state index contributed by atoms with van der Waals surface area (Å²) in [4.78, 5) is 1.60. The predicted octanol–water partition coefficient (Wildman–Crippen LogP) is 0.987. The summed E-state index contributed by atoms with van der Waals surface area (Å²) in [6.07, 6.45) is 3.34. The molecular formula is C10H12N4. The van der Waals surface area contributed by atoms with E-state index in [1.807, 2.05) is 19.2 Å². The van der Waals surface area contributed by atoms with Crippen LogP contribution >= 0.6 is 0 Å². The zero-order valence-electron chi connectivity index (χ0n) is 8.01. The molecule has 0 bridgehead atoms. The second kappa shape index (κ2) is 4.02. The van der Waals surface area contributed by atoms with E-state index in [0.717, 1.165) is 12.2 Å². The smallest absolute Gasteiger partial charge is 0.0856 e. The Morgan fingerprint density at radius 3 is 2.36 bits per heavy atom. The van der Waals surface area contributed by atoms with Crippen molar-refractivity contribution in [3.8, 4) is 5.69 Å². The molecule has 0 saturated carbocycles. The van der Waals surface area contributed by atoms with Crippen LogP contribution in [0.4, 0.5) is 0 Å². The highest BCUT2D eigenvalue weighted by Gasteiger charge is 1.96. The van der Waals surface area contributed by atoms with Crippen LogP contribution in [-0.4, -0.2) is 22.0 Å². The maximum atomic E-state index is 4.05. The monoisotopic (exact) mass is 188 g/mol. The van der Waals surface area contributed by atoms with Crippen molar-refractivity contribution in [2.75, 3.05) is 7.05 Å². The summed E-state index contributed by atoms with van der Waals surface area (Å²) < 4.78 is 0. The zero-order chi connectivity index (χ0) is 9.80. The molecular weight excluding hydrogens is 176 g/mol. The van der Waals surface area contributed by atoms with Crippen molar-refractivity contribution >= 4 is 0 Å². The molecule has 1 heterocycles. The van der Waals surface area contributed by atoms with Crippen LogP contribution in [-0.2, 0) is 6.54 Å². The molecule has 0 amide bonds. The number of aromatic nitrogens is 3. The molecule has 1 N–H and O–H groups in total. The Labute approximate surface area is 82.6 Å². The largest absolute Gasteiger partial charge is 0.316 e. The number of nitrogens with zero attached hydrogens (tertiary/aromatic N) is 3. The molecule has 4 heteroatoms. The highest BCUT2D eigenvalue weighted by atomic mass is 15.5. The maximum Gasteiger partial charge on any atom is 0.0856 e. The van der Waals surface area contributed by atoms with Gasteiger partial charge in [-0.2, -0.15) is 15.0 Å². The molecule has 72 valence electrons. The molecule has 2 rings (SSSR count). The second-order valence-corrected chi connectivity index (χ2v) is 3.02. The predicted molar refractivity (Wildman–Crippen MR) is 54.1 cm³/mol. The third-order valence-corrected chi connectivity index (χ3v) is 1.97. The zero-order valence-corrected chi connectivity index (χ0v) is 8.01. The Hall–Kier alpha value is -1.68. The van der Waals surface area contributed by atoms with Gasteiger partial charge in [-0.25, -0.2) is 0 Å². The van der Waals surface area contributed by atoms with Gasteiger partial charge in [0.2, 0.25) is 0 Å². The molecule has 0 atom stereocenters. The molecule has 1 aromatic carbocycles. The minimum atomic E-state index is 0.882. The Kier molecular flexibility index (Phi) is 2.55. The molecule has 0 saturated heterocycles. The minimum Gasteiger partial charge on any atom is -0.316 e. The fourth-order valence-corrected chi connectivity index (χ4v) is 1.30. The van der Waals surface area contributed by atoms with Crippen molar-refractivity contribution in [2.45, 2.75) is 6.54 Å². The highest BCUT2D eigenvalue weighted by Crippen LogP contribution is 2.06. The molecule has 0 aliphatic carbocycles. The van der Waals surface area contributed by atoms with Gasteiger partial charge in [-0.05, 0) is 24.7 Å². The van der Waals surface area contributed by atoms with Gasteiger partial charge in [-0.3, -0.25) is 0 Å². The molecule has 2 aromatic rings. The summed E-state index contributed by atoms with van der Waals surface area (Å²) in [7, 11) is 1.93. The van der Waals surface area contributed by atoms with Gasteiger partial charge in [0, 0.05) is 6.54 Å². The number of rotatable bonds is 3. The fourth-order valence-electron chi connectivity index (χ4n) is 1.30. The van der Waals surface area contributed by atoms with E-state index in [-0.39, 0.29) is 0 Å².